The normalized spacial score (nSPS) is 11.0. The van der Waals surface area contributed by atoms with E-state index in [1.54, 1.807) is 24.3 Å². The molecule has 31 heavy (non-hydrogen) atoms. The number of anilines is 1. The summed E-state index contributed by atoms with van der Waals surface area (Å²) in [6, 6.07) is 19.4. The summed E-state index contributed by atoms with van der Waals surface area (Å²) in [5.74, 6) is -0.00648. The van der Waals surface area contributed by atoms with E-state index in [1.807, 2.05) is 41.8 Å². The van der Waals surface area contributed by atoms with E-state index in [-0.39, 0.29) is 11.3 Å². The molecule has 0 aliphatic carbocycles. The second-order valence-electron chi connectivity index (χ2n) is 6.88. The summed E-state index contributed by atoms with van der Waals surface area (Å²) in [6.07, 6.45) is 0.786. The minimum absolute atomic E-state index is 0.122. The molecule has 1 amide bonds. The van der Waals surface area contributed by atoms with Crippen molar-refractivity contribution in [3.8, 4) is 5.69 Å². The van der Waals surface area contributed by atoms with Gasteiger partial charge in [-0.15, -0.1) is 0 Å². The maximum Gasteiger partial charge on any atom is 0.278 e. The Balaban J connectivity index is 1.62. The zero-order valence-corrected chi connectivity index (χ0v) is 17.2. The number of nitrogens with one attached hydrogen (secondary N) is 1. The first kappa shape index (κ1) is 20.5. The lowest BCUT2D eigenvalue weighted by atomic mass is 10.3. The second-order valence-corrected chi connectivity index (χ2v) is 6.88. The van der Waals surface area contributed by atoms with E-state index in [2.05, 4.69) is 15.4 Å². The SMILES string of the molecule is CCOCCCn1c(NC(=O)c2ccc(=O)n(-c3ccccc3)n2)nc2ccccc21. The van der Waals surface area contributed by atoms with E-state index in [1.165, 1.54) is 16.8 Å². The molecule has 0 saturated carbocycles. The van der Waals surface area contributed by atoms with Gasteiger partial charge in [-0.05, 0) is 43.7 Å². The number of aryl methyl sites for hydroxylation is 1. The number of para-hydroxylation sites is 3. The van der Waals surface area contributed by atoms with Crippen LogP contribution in [0, 0.1) is 0 Å². The van der Waals surface area contributed by atoms with Crippen molar-refractivity contribution in [1.29, 1.82) is 0 Å². The van der Waals surface area contributed by atoms with Crippen LogP contribution in [0.3, 0.4) is 0 Å². The molecule has 1 N–H and O–H groups in total. The fourth-order valence-corrected chi connectivity index (χ4v) is 3.32. The lowest BCUT2D eigenvalue weighted by Crippen LogP contribution is -2.25. The lowest BCUT2D eigenvalue weighted by molar-refractivity contribution is 0.101. The number of ether oxygens (including phenoxy) is 1. The maximum atomic E-state index is 12.9. The highest BCUT2D eigenvalue weighted by atomic mass is 16.5. The summed E-state index contributed by atoms with van der Waals surface area (Å²) in [4.78, 5) is 29.8. The van der Waals surface area contributed by atoms with Gasteiger partial charge in [0.1, 0.15) is 5.69 Å². The van der Waals surface area contributed by atoms with Gasteiger partial charge in [-0.1, -0.05) is 30.3 Å². The first-order valence-electron chi connectivity index (χ1n) is 10.2. The third kappa shape index (κ3) is 4.54. The fourth-order valence-electron chi connectivity index (χ4n) is 3.32. The standard InChI is InChI=1S/C23H23N5O3/c1-2-31-16-8-15-27-20-12-7-6-11-18(20)24-23(27)25-22(30)19-13-14-21(29)28(26-19)17-9-4-3-5-10-17/h3-7,9-14H,2,8,15-16H2,1H3,(H,24,25,30). The van der Waals surface area contributed by atoms with Crippen LogP contribution in [0.1, 0.15) is 23.8 Å². The van der Waals surface area contributed by atoms with E-state index in [9.17, 15) is 9.59 Å². The average Bonchev–Trinajstić information content (AvgIpc) is 3.14. The van der Waals surface area contributed by atoms with E-state index >= 15 is 0 Å². The Morgan fingerprint density at radius 2 is 1.81 bits per heavy atom. The number of hydrogen-bond acceptors (Lipinski definition) is 5. The van der Waals surface area contributed by atoms with E-state index < -0.39 is 5.91 Å². The van der Waals surface area contributed by atoms with Gasteiger partial charge in [0.25, 0.3) is 11.5 Å². The van der Waals surface area contributed by atoms with Crippen molar-refractivity contribution in [2.24, 2.45) is 0 Å². The largest absolute Gasteiger partial charge is 0.382 e. The van der Waals surface area contributed by atoms with Crippen LogP contribution in [0.5, 0.6) is 0 Å². The van der Waals surface area contributed by atoms with Gasteiger partial charge in [0.05, 0.1) is 16.7 Å². The van der Waals surface area contributed by atoms with Crippen molar-refractivity contribution < 1.29 is 9.53 Å². The summed E-state index contributed by atoms with van der Waals surface area (Å²) in [6.45, 7) is 3.89. The van der Waals surface area contributed by atoms with Crippen LogP contribution in [-0.4, -0.2) is 38.5 Å². The molecule has 0 bridgehead atoms. The number of amides is 1. The number of benzene rings is 2. The first-order valence-corrected chi connectivity index (χ1v) is 10.2. The van der Waals surface area contributed by atoms with Crippen LogP contribution in [0.2, 0.25) is 0 Å². The third-order valence-corrected chi connectivity index (χ3v) is 4.79. The molecule has 2 aromatic heterocycles. The Morgan fingerprint density at radius 1 is 1.03 bits per heavy atom. The van der Waals surface area contributed by atoms with Crippen molar-refractivity contribution in [3.05, 3.63) is 82.8 Å². The maximum absolute atomic E-state index is 12.9. The summed E-state index contributed by atoms with van der Waals surface area (Å²) in [5, 5.41) is 7.09. The average molecular weight is 417 g/mol. The van der Waals surface area contributed by atoms with E-state index in [0.29, 0.717) is 31.4 Å². The molecule has 8 heteroatoms. The van der Waals surface area contributed by atoms with Gasteiger partial charge in [-0.3, -0.25) is 14.9 Å². The minimum atomic E-state index is -0.439. The molecule has 2 heterocycles. The predicted octanol–water partition coefficient (Wildman–Crippen LogP) is 3.26. The number of fused-ring (bicyclic) bond motifs is 1. The highest BCUT2D eigenvalue weighted by Crippen LogP contribution is 2.20. The molecule has 4 aromatic rings. The van der Waals surface area contributed by atoms with Gasteiger partial charge in [-0.2, -0.15) is 9.78 Å². The van der Waals surface area contributed by atoms with Crippen LogP contribution >= 0.6 is 0 Å². The molecule has 0 atom stereocenters. The van der Waals surface area contributed by atoms with Gasteiger partial charge in [0, 0.05) is 25.8 Å². The zero-order valence-electron chi connectivity index (χ0n) is 17.2. The lowest BCUT2D eigenvalue weighted by Gasteiger charge is -2.11. The summed E-state index contributed by atoms with van der Waals surface area (Å²) in [5.41, 5.74) is 2.11. The molecule has 0 aliphatic rings. The van der Waals surface area contributed by atoms with Crippen LogP contribution in [0.15, 0.2) is 71.5 Å². The number of hydrogen-bond donors (Lipinski definition) is 1. The minimum Gasteiger partial charge on any atom is -0.382 e. The molecule has 0 saturated heterocycles. The van der Waals surface area contributed by atoms with Gasteiger partial charge in [0.2, 0.25) is 5.95 Å². The van der Waals surface area contributed by atoms with Crippen LogP contribution in [-0.2, 0) is 11.3 Å². The van der Waals surface area contributed by atoms with Gasteiger partial charge < -0.3 is 9.30 Å². The Bertz CT molecular complexity index is 1250. The summed E-state index contributed by atoms with van der Waals surface area (Å²) in [7, 11) is 0. The van der Waals surface area contributed by atoms with Crippen molar-refractivity contribution in [1.82, 2.24) is 19.3 Å². The molecule has 8 nitrogen and oxygen atoms in total. The predicted molar refractivity (Wildman–Crippen MR) is 119 cm³/mol. The Hall–Kier alpha value is -3.78. The van der Waals surface area contributed by atoms with Crippen molar-refractivity contribution >= 4 is 22.9 Å². The molecule has 0 radical (unpaired) electrons. The van der Waals surface area contributed by atoms with E-state index in [4.69, 9.17) is 4.74 Å². The number of carbonyl (C=O) groups is 1. The van der Waals surface area contributed by atoms with Crippen LogP contribution in [0.4, 0.5) is 5.95 Å². The molecule has 2 aromatic carbocycles. The van der Waals surface area contributed by atoms with Crippen molar-refractivity contribution in [2.45, 2.75) is 19.9 Å². The van der Waals surface area contributed by atoms with E-state index in [0.717, 1.165) is 17.5 Å². The topological polar surface area (TPSA) is 91.0 Å². The second kappa shape index (κ2) is 9.36. The number of imidazole rings is 1. The fraction of sp³-hybridized carbons (Fsp3) is 0.217. The van der Waals surface area contributed by atoms with Gasteiger partial charge in [0.15, 0.2) is 0 Å². The number of nitrogens with zero attached hydrogens (tertiary/aromatic N) is 4. The summed E-state index contributed by atoms with van der Waals surface area (Å²) < 4.78 is 8.60. The molecule has 0 spiro atoms. The Labute approximate surface area is 179 Å². The highest BCUT2D eigenvalue weighted by Gasteiger charge is 2.16. The van der Waals surface area contributed by atoms with Gasteiger partial charge in [-0.25, -0.2) is 4.98 Å². The molecule has 0 aliphatic heterocycles. The summed E-state index contributed by atoms with van der Waals surface area (Å²) >= 11 is 0. The first-order chi connectivity index (χ1) is 15.2. The molecular weight excluding hydrogens is 394 g/mol. The van der Waals surface area contributed by atoms with Gasteiger partial charge >= 0.3 is 0 Å². The quantitative estimate of drug-likeness (QED) is 0.445. The molecule has 158 valence electrons. The molecule has 0 unspecified atom stereocenters. The number of rotatable bonds is 8. The smallest absolute Gasteiger partial charge is 0.278 e. The monoisotopic (exact) mass is 417 g/mol. The number of carbonyl (C=O) groups excluding carboxylic acids is 1. The zero-order chi connectivity index (χ0) is 21.6. The van der Waals surface area contributed by atoms with Crippen molar-refractivity contribution in [2.75, 3.05) is 18.5 Å². The highest BCUT2D eigenvalue weighted by molar-refractivity contribution is 6.02. The van der Waals surface area contributed by atoms with Crippen LogP contribution in [0.25, 0.3) is 16.7 Å². The molecule has 4 rings (SSSR count). The Morgan fingerprint density at radius 3 is 2.61 bits per heavy atom. The number of aromatic nitrogens is 4. The van der Waals surface area contributed by atoms with Crippen molar-refractivity contribution in [3.63, 3.8) is 0 Å². The molecular formula is C23H23N5O3. The van der Waals surface area contributed by atoms with Crippen LogP contribution < -0.4 is 10.9 Å². The molecule has 0 fully saturated rings. The Kier molecular flexibility index (Phi) is 6.18. The third-order valence-electron chi connectivity index (χ3n) is 4.79.